The number of hydrogen-bond donors (Lipinski definition) is 0. The second-order valence-electron chi connectivity index (χ2n) is 5.82. The van der Waals surface area contributed by atoms with Gasteiger partial charge in [0.1, 0.15) is 0 Å². The van der Waals surface area contributed by atoms with Crippen LogP contribution in [0, 0.1) is 5.82 Å². The number of carbonyl (C=O) groups excluding carboxylic acids is 1. The number of benzene rings is 1. The summed E-state index contributed by atoms with van der Waals surface area (Å²) in [5.41, 5.74) is 4.45. The molecule has 6 heteroatoms. The van der Waals surface area contributed by atoms with Gasteiger partial charge in [0.25, 0.3) is 0 Å². The molecule has 25 heavy (non-hydrogen) atoms. The number of ether oxygens (including phenoxy) is 2. The first kappa shape index (κ1) is 15.9. The molecule has 1 aliphatic rings. The lowest BCUT2D eigenvalue weighted by Crippen LogP contribution is -2.15. The van der Waals surface area contributed by atoms with Crippen molar-refractivity contribution >= 4 is 17.6 Å². The van der Waals surface area contributed by atoms with E-state index in [-0.39, 0.29) is 5.75 Å². The highest BCUT2D eigenvalue weighted by atomic mass is 32.1. The van der Waals surface area contributed by atoms with Crippen molar-refractivity contribution in [1.29, 1.82) is 0 Å². The Balaban J connectivity index is 2.06. The van der Waals surface area contributed by atoms with Gasteiger partial charge in [0.2, 0.25) is 0 Å². The number of hydrogen-bond acceptors (Lipinski definition) is 4. The van der Waals surface area contributed by atoms with Gasteiger partial charge in [-0.3, -0.25) is 4.79 Å². The van der Waals surface area contributed by atoms with Crippen LogP contribution in [0.3, 0.4) is 0 Å². The Kier molecular flexibility index (Phi) is 3.84. The fraction of sp³-hybridized carbons (Fsp3) is 0.211. The molecular formula is C19H16FNO3S. The Morgan fingerprint density at radius 1 is 1.28 bits per heavy atom. The third-order valence-corrected chi connectivity index (χ3v) is 5.30. The summed E-state index contributed by atoms with van der Waals surface area (Å²) in [6.07, 6.45) is 1.45. The summed E-state index contributed by atoms with van der Waals surface area (Å²) in [6.45, 7) is 0.621. The zero-order valence-corrected chi connectivity index (χ0v) is 14.7. The van der Waals surface area contributed by atoms with Crippen LogP contribution in [0.25, 0.3) is 22.4 Å². The Morgan fingerprint density at radius 2 is 2.12 bits per heavy atom. The standard InChI is InChI=1S/C19H16FNO3S/c1-23-15-7-11-3-5-21-13(9-22)8-14(12-4-6-25-10-12)18(21)16(11)17(20)19(15)24-2/h4,6-10H,3,5H2,1-2H3. The molecule has 128 valence electrons. The molecule has 0 atom stereocenters. The third-order valence-electron chi connectivity index (χ3n) is 4.62. The van der Waals surface area contributed by atoms with E-state index in [2.05, 4.69) is 0 Å². The second-order valence-corrected chi connectivity index (χ2v) is 6.60. The zero-order valence-electron chi connectivity index (χ0n) is 13.8. The number of fused-ring (bicyclic) bond motifs is 3. The van der Waals surface area contributed by atoms with E-state index in [1.807, 2.05) is 33.5 Å². The van der Waals surface area contributed by atoms with Crippen LogP contribution in [-0.2, 0) is 13.0 Å². The van der Waals surface area contributed by atoms with Crippen LogP contribution in [0.15, 0.2) is 29.0 Å². The van der Waals surface area contributed by atoms with E-state index in [4.69, 9.17) is 9.47 Å². The minimum atomic E-state index is -0.454. The molecule has 3 aromatic rings. The van der Waals surface area contributed by atoms with Crippen LogP contribution in [0.5, 0.6) is 11.5 Å². The number of rotatable bonds is 4. The van der Waals surface area contributed by atoms with Gasteiger partial charge in [0, 0.05) is 17.7 Å². The molecule has 0 saturated heterocycles. The highest BCUT2D eigenvalue weighted by Crippen LogP contribution is 2.46. The van der Waals surface area contributed by atoms with Gasteiger partial charge in [-0.1, -0.05) is 0 Å². The van der Waals surface area contributed by atoms with Crippen LogP contribution < -0.4 is 9.47 Å². The number of aromatic nitrogens is 1. The Morgan fingerprint density at radius 3 is 2.76 bits per heavy atom. The van der Waals surface area contributed by atoms with Gasteiger partial charge in [-0.25, -0.2) is 4.39 Å². The van der Waals surface area contributed by atoms with Gasteiger partial charge < -0.3 is 14.0 Å². The van der Waals surface area contributed by atoms with Crippen molar-refractivity contribution in [3.8, 4) is 33.9 Å². The molecule has 0 N–H and O–H groups in total. The molecule has 0 radical (unpaired) electrons. The second kappa shape index (κ2) is 6.04. The number of carbonyl (C=O) groups is 1. The SMILES string of the molecule is COc1cc2c(c(F)c1OC)-c1c(-c3ccsc3)cc(C=O)n1CC2. The van der Waals surface area contributed by atoms with E-state index in [1.54, 1.807) is 11.3 Å². The molecule has 0 spiro atoms. The fourth-order valence-electron chi connectivity index (χ4n) is 3.50. The van der Waals surface area contributed by atoms with Gasteiger partial charge in [-0.05, 0) is 46.5 Å². The molecule has 4 nitrogen and oxygen atoms in total. The number of thiophene rings is 1. The molecule has 0 fully saturated rings. The van der Waals surface area contributed by atoms with E-state index in [0.717, 1.165) is 28.7 Å². The van der Waals surface area contributed by atoms with E-state index in [9.17, 15) is 4.79 Å². The summed E-state index contributed by atoms with van der Waals surface area (Å²) in [4.78, 5) is 11.5. The molecule has 4 rings (SSSR count). The molecule has 0 saturated carbocycles. The molecule has 0 amide bonds. The fourth-order valence-corrected chi connectivity index (χ4v) is 4.16. The Hall–Kier alpha value is -2.60. The first-order valence-electron chi connectivity index (χ1n) is 7.84. The van der Waals surface area contributed by atoms with E-state index >= 15 is 4.39 Å². The highest BCUT2D eigenvalue weighted by molar-refractivity contribution is 7.08. The number of methoxy groups -OCH3 is 2. The van der Waals surface area contributed by atoms with Crippen molar-refractivity contribution < 1.29 is 18.7 Å². The summed E-state index contributed by atoms with van der Waals surface area (Å²) in [5.74, 6) is 0.0103. The molecule has 0 unspecified atom stereocenters. The van der Waals surface area contributed by atoms with Crippen molar-refractivity contribution in [2.75, 3.05) is 14.2 Å². The highest BCUT2D eigenvalue weighted by Gasteiger charge is 2.30. The van der Waals surface area contributed by atoms with Gasteiger partial charge in [-0.2, -0.15) is 11.3 Å². The van der Waals surface area contributed by atoms with Gasteiger partial charge in [0.15, 0.2) is 23.6 Å². The van der Waals surface area contributed by atoms with Crippen LogP contribution in [-0.4, -0.2) is 25.1 Å². The Bertz CT molecular complexity index is 960. The minimum absolute atomic E-state index is 0.0832. The van der Waals surface area contributed by atoms with E-state index in [0.29, 0.717) is 30.0 Å². The van der Waals surface area contributed by atoms with E-state index < -0.39 is 5.82 Å². The number of aldehydes is 1. The van der Waals surface area contributed by atoms with Crippen LogP contribution in [0.1, 0.15) is 16.1 Å². The number of nitrogens with zero attached hydrogens (tertiary/aromatic N) is 1. The topological polar surface area (TPSA) is 40.5 Å². The number of halogens is 1. The lowest BCUT2D eigenvalue weighted by atomic mass is 9.93. The van der Waals surface area contributed by atoms with Gasteiger partial charge in [-0.15, -0.1) is 0 Å². The van der Waals surface area contributed by atoms with Crippen molar-refractivity contribution in [3.63, 3.8) is 0 Å². The molecular weight excluding hydrogens is 341 g/mol. The predicted molar refractivity (Wildman–Crippen MR) is 95.3 cm³/mol. The molecule has 3 heterocycles. The molecule has 0 aliphatic carbocycles. The van der Waals surface area contributed by atoms with Gasteiger partial charge >= 0.3 is 0 Å². The monoisotopic (exact) mass is 357 g/mol. The number of aryl methyl sites for hydroxylation is 1. The van der Waals surface area contributed by atoms with Crippen molar-refractivity contribution in [2.24, 2.45) is 0 Å². The van der Waals surface area contributed by atoms with E-state index in [1.165, 1.54) is 14.2 Å². The third kappa shape index (κ3) is 2.28. The molecule has 1 aromatic carbocycles. The average Bonchev–Trinajstić information content (AvgIpc) is 3.28. The molecule has 0 bridgehead atoms. The Labute approximate surface area is 148 Å². The van der Waals surface area contributed by atoms with Crippen LogP contribution in [0.2, 0.25) is 0 Å². The first-order valence-corrected chi connectivity index (χ1v) is 8.78. The van der Waals surface area contributed by atoms with Crippen molar-refractivity contribution in [3.05, 3.63) is 46.0 Å². The largest absolute Gasteiger partial charge is 0.493 e. The first-order chi connectivity index (χ1) is 12.2. The summed E-state index contributed by atoms with van der Waals surface area (Å²) in [7, 11) is 2.92. The summed E-state index contributed by atoms with van der Waals surface area (Å²) < 4.78 is 27.7. The normalized spacial score (nSPS) is 12.4. The quantitative estimate of drug-likeness (QED) is 0.650. The van der Waals surface area contributed by atoms with Crippen molar-refractivity contribution in [1.82, 2.24) is 4.57 Å². The molecule has 2 aromatic heterocycles. The lowest BCUT2D eigenvalue weighted by Gasteiger charge is -2.24. The maximum Gasteiger partial charge on any atom is 0.197 e. The van der Waals surface area contributed by atoms with Crippen LogP contribution in [0.4, 0.5) is 4.39 Å². The minimum Gasteiger partial charge on any atom is -0.493 e. The average molecular weight is 357 g/mol. The maximum absolute atomic E-state index is 15.3. The van der Waals surface area contributed by atoms with Crippen molar-refractivity contribution in [2.45, 2.75) is 13.0 Å². The molecule has 1 aliphatic heterocycles. The lowest BCUT2D eigenvalue weighted by molar-refractivity contribution is 0.111. The summed E-state index contributed by atoms with van der Waals surface area (Å²) >= 11 is 1.57. The summed E-state index contributed by atoms with van der Waals surface area (Å²) in [5, 5.41) is 3.96. The smallest absolute Gasteiger partial charge is 0.197 e. The zero-order chi connectivity index (χ0) is 17.6. The predicted octanol–water partition coefficient (Wildman–Crippen LogP) is 4.41. The summed E-state index contributed by atoms with van der Waals surface area (Å²) in [6, 6.07) is 5.63. The van der Waals surface area contributed by atoms with Gasteiger partial charge in [0.05, 0.1) is 25.6 Å². The maximum atomic E-state index is 15.3. The van der Waals surface area contributed by atoms with Crippen LogP contribution >= 0.6 is 11.3 Å².